The molecule has 0 spiro atoms. The number of benzene rings is 1. The molecule has 2 aromatic rings. The minimum atomic E-state index is -4.64. The number of pyridine rings is 1. The summed E-state index contributed by atoms with van der Waals surface area (Å²) >= 11 is 5.60. The number of amides is 1. The predicted molar refractivity (Wildman–Crippen MR) is 87.3 cm³/mol. The van der Waals surface area contributed by atoms with E-state index in [0.717, 1.165) is 12.1 Å². The molecule has 0 bridgehead atoms. The van der Waals surface area contributed by atoms with Crippen molar-refractivity contribution in [2.75, 3.05) is 17.2 Å². The molecule has 1 aromatic heterocycles. The Balaban J connectivity index is 2.26. The van der Waals surface area contributed by atoms with Crippen LogP contribution in [0, 0.1) is 0 Å². The number of hydrogen-bond donors (Lipinski definition) is 2. The van der Waals surface area contributed by atoms with Gasteiger partial charge in [0.15, 0.2) is 0 Å². The minimum absolute atomic E-state index is 0.0212. The van der Waals surface area contributed by atoms with E-state index in [1.54, 1.807) is 12.1 Å². The van der Waals surface area contributed by atoms with Crippen LogP contribution < -0.4 is 10.6 Å². The third-order valence-corrected chi connectivity index (χ3v) is 3.21. The van der Waals surface area contributed by atoms with Crippen LogP contribution in [0.3, 0.4) is 0 Å². The zero-order chi connectivity index (χ0) is 17.7. The van der Waals surface area contributed by atoms with Gasteiger partial charge in [0, 0.05) is 23.5 Å². The third kappa shape index (κ3) is 4.48. The van der Waals surface area contributed by atoms with Crippen molar-refractivity contribution in [2.24, 2.45) is 0 Å². The summed E-state index contributed by atoms with van der Waals surface area (Å²) in [5.41, 5.74) is -0.832. The lowest BCUT2D eigenvalue weighted by atomic mass is 10.1. The van der Waals surface area contributed by atoms with Crippen LogP contribution in [0.15, 0.2) is 49.2 Å². The van der Waals surface area contributed by atoms with E-state index in [1.165, 1.54) is 18.3 Å². The van der Waals surface area contributed by atoms with Gasteiger partial charge in [-0.2, -0.15) is 13.2 Å². The van der Waals surface area contributed by atoms with Crippen molar-refractivity contribution in [3.8, 4) is 0 Å². The van der Waals surface area contributed by atoms with Gasteiger partial charge in [0.25, 0.3) is 5.91 Å². The fourth-order valence-electron chi connectivity index (χ4n) is 1.90. The summed E-state index contributed by atoms with van der Waals surface area (Å²) in [5.74, 6) is -0.759. The lowest BCUT2D eigenvalue weighted by Gasteiger charge is -2.14. The van der Waals surface area contributed by atoms with E-state index < -0.39 is 17.6 Å². The van der Waals surface area contributed by atoms with Gasteiger partial charge in [-0.1, -0.05) is 17.7 Å². The van der Waals surface area contributed by atoms with Gasteiger partial charge in [-0.05, 0) is 30.3 Å². The number of aromatic nitrogens is 1. The van der Waals surface area contributed by atoms with Gasteiger partial charge >= 0.3 is 6.18 Å². The van der Waals surface area contributed by atoms with Gasteiger partial charge in [-0.15, -0.1) is 6.58 Å². The summed E-state index contributed by atoms with van der Waals surface area (Å²) in [6.07, 6.45) is -1.63. The maximum Gasteiger partial charge on any atom is 0.418 e. The number of halogens is 4. The number of nitrogens with zero attached hydrogens (tertiary/aromatic N) is 1. The summed E-state index contributed by atoms with van der Waals surface area (Å²) in [4.78, 5) is 16.1. The van der Waals surface area contributed by atoms with E-state index in [1.807, 2.05) is 0 Å². The number of carbonyl (C=O) groups is 1. The Morgan fingerprint density at radius 3 is 2.71 bits per heavy atom. The molecule has 2 N–H and O–H groups in total. The molecule has 4 nitrogen and oxygen atoms in total. The Labute approximate surface area is 141 Å². The summed E-state index contributed by atoms with van der Waals surface area (Å²) in [6, 6.07) is 6.18. The Bertz CT molecular complexity index is 762. The van der Waals surface area contributed by atoms with Gasteiger partial charge in [0.2, 0.25) is 0 Å². The maximum absolute atomic E-state index is 13.0. The van der Waals surface area contributed by atoms with Crippen molar-refractivity contribution in [1.82, 2.24) is 4.98 Å². The fourth-order valence-corrected chi connectivity index (χ4v) is 2.07. The molecule has 1 aromatic carbocycles. The van der Waals surface area contributed by atoms with Crippen LogP contribution in [0.2, 0.25) is 5.02 Å². The van der Waals surface area contributed by atoms with Gasteiger partial charge in [-0.25, -0.2) is 0 Å². The van der Waals surface area contributed by atoms with Crippen molar-refractivity contribution < 1.29 is 18.0 Å². The molecule has 1 heterocycles. The average molecular weight is 356 g/mol. The molecule has 126 valence electrons. The molecule has 0 aliphatic rings. The second kappa shape index (κ2) is 7.35. The zero-order valence-electron chi connectivity index (χ0n) is 12.3. The molecule has 0 fully saturated rings. The largest absolute Gasteiger partial charge is 0.418 e. The highest BCUT2D eigenvalue weighted by Gasteiger charge is 2.34. The Morgan fingerprint density at radius 2 is 2.04 bits per heavy atom. The second-order valence-corrected chi connectivity index (χ2v) is 5.18. The molecular formula is C16H13ClF3N3O. The van der Waals surface area contributed by atoms with Crippen LogP contribution in [0.1, 0.15) is 16.1 Å². The van der Waals surface area contributed by atoms with Gasteiger partial charge in [-0.3, -0.25) is 9.78 Å². The number of anilines is 2. The average Bonchev–Trinajstić information content (AvgIpc) is 2.54. The minimum Gasteiger partial charge on any atom is -0.381 e. The molecular weight excluding hydrogens is 343 g/mol. The molecule has 24 heavy (non-hydrogen) atoms. The highest BCUT2D eigenvalue weighted by atomic mass is 35.5. The number of rotatable bonds is 5. The quantitative estimate of drug-likeness (QED) is 0.770. The predicted octanol–water partition coefficient (Wildman–Crippen LogP) is 4.60. The Morgan fingerprint density at radius 1 is 1.29 bits per heavy atom. The second-order valence-electron chi connectivity index (χ2n) is 4.74. The van der Waals surface area contributed by atoms with Gasteiger partial charge < -0.3 is 10.6 Å². The van der Waals surface area contributed by atoms with Crippen molar-refractivity contribution in [2.45, 2.75) is 6.18 Å². The number of hydrogen-bond acceptors (Lipinski definition) is 3. The standard InChI is InChI=1S/C16H13ClF3N3O/c1-2-6-21-11-5-7-22-14(9-11)15(24)23-13-4-3-10(17)8-12(13)16(18,19)20/h2-5,7-9H,1,6H2,(H,21,22)(H,23,24). The lowest BCUT2D eigenvalue weighted by molar-refractivity contribution is -0.136. The summed E-state index contributed by atoms with van der Waals surface area (Å²) in [7, 11) is 0. The van der Waals surface area contributed by atoms with Crippen LogP contribution in [0.4, 0.5) is 24.5 Å². The van der Waals surface area contributed by atoms with E-state index in [2.05, 4.69) is 22.2 Å². The van der Waals surface area contributed by atoms with Gasteiger partial charge in [0.05, 0.1) is 11.3 Å². The lowest BCUT2D eigenvalue weighted by Crippen LogP contribution is -2.18. The van der Waals surface area contributed by atoms with Crippen molar-refractivity contribution >= 4 is 28.9 Å². The molecule has 8 heteroatoms. The molecule has 0 radical (unpaired) electrons. The van der Waals surface area contributed by atoms with Crippen LogP contribution >= 0.6 is 11.6 Å². The zero-order valence-corrected chi connectivity index (χ0v) is 13.1. The Hall–Kier alpha value is -2.54. The first kappa shape index (κ1) is 17.8. The van der Waals surface area contributed by atoms with E-state index in [4.69, 9.17) is 11.6 Å². The molecule has 2 rings (SSSR count). The smallest absolute Gasteiger partial charge is 0.381 e. The normalized spacial score (nSPS) is 11.0. The van der Waals surface area contributed by atoms with E-state index >= 15 is 0 Å². The van der Waals surface area contributed by atoms with Crippen LogP contribution in [-0.4, -0.2) is 17.4 Å². The van der Waals surface area contributed by atoms with Crippen LogP contribution in [-0.2, 0) is 6.18 Å². The Kier molecular flexibility index (Phi) is 5.46. The highest BCUT2D eigenvalue weighted by molar-refractivity contribution is 6.30. The van der Waals surface area contributed by atoms with E-state index in [-0.39, 0.29) is 16.4 Å². The van der Waals surface area contributed by atoms with E-state index in [0.29, 0.717) is 12.2 Å². The van der Waals surface area contributed by atoms with Crippen molar-refractivity contribution in [3.63, 3.8) is 0 Å². The highest BCUT2D eigenvalue weighted by Crippen LogP contribution is 2.36. The first-order chi connectivity index (χ1) is 11.3. The fraction of sp³-hybridized carbons (Fsp3) is 0.125. The topological polar surface area (TPSA) is 54.0 Å². The van der Waals surface area contributed by atoms with E-state index in [9.17, 15) is 18.0 Å². The first-order valence-electron chi connectivity index (χ1n) is 6.80. The number of alkyl halides is 3. The first-order valence-corrected chi connectivity index (χ1v) is 7.18. The third-order valence-electron chi connectivity index (χ3n) is 2.98. The molecule has 0 aliphatic carbocycles. The summed E-state index contributed by atoms with van der Waals surface area (Å²) in [5, 5.41) is 5.10. The monoisotopic (exact) mass is 355 g/mol. The summed E-state index contributed by atoms with van der Waals surface area (Å²) < 4.78 is 39.1. The van der Waals surface area contributed by atoms with Crippen molar-refractivity contribution in [3.05, 3.63) is 65.5 Å². The molecule has 0 aliphatic heterocycles. The summed E-state index contributed by atoms with van der Waals surface area (Å²) in [6.45, 7) is 4.03. The number of carbonyl (C=O) groups excluding carboxylic acids is 1. The SMILES string of the molecule is C=CCNc1ccnc(C(=O)Nc2ccc(Cl)cc2C(F)(F)F)c1. The molecule has 0 atom stereocenters. The molecule has 0 saturated heterocycles. The van der Waals surface area contributed by atoms with Gasteiger partial charge in [0.1, 0.15) is 5.69 Å². The molecule has 0 unspecified atom stereocenters. The van der Waals surface area contributed by atoms with Crippen LogP contribution in [0.5, 0.6) is 0 Å². The molecule has 0 saturated carbocycles. The number of nitrogens with one attached hydrogen (secondary N) is 2. The maximum atomic E-state index is 13.0. The van der Waals surface area contributed by atoms with Crippen molar-refractivity contribution in [1.29, 1.82) is 0 Å². The molecule has 1 amide bonds. The van der Waals surface area contributed by atoms with Crippen LogP contribution in [0.25, 0.3) is 0 Å².